The predicted octanol–water partition coefficient (Wildman–Crippen LogP) is 2.53. The molecule has 21 heavy (non-hydrogen) atoms. The summed E-state index contributed by atoms with van der Waals surface area (Å²) in [6.07, 6.45) is 1.27. The number of hydrogen-bond donors (Lipinski definition) is 1. The van der Waals surface area contributed by atoms with Gasteiger partial charge in [0.25, 0.3) is 0 Å². The first-order chi connectivity index (χ1) is 10.1. The number of benzene rings is 1. The fraction of sp³-hybridized carbons (Fsp3) is 0.533. The highest BCUT2D eigenvalue weighted by Crippen LogP contribution is 2.25. The smallest absolute Gasteiger partial charge is 0.335 e. The SMILES string of the molecule is CC1CN(CCOc2ccc(C(=O)O)cc2Cl)CCCO1. The third-order valence-electron chi connectivity index (χ3n) is 3.38. The molecule has 0 aliphatic carbocycles. The Morgan fingerprint density at radius 3 is 3.10 bits per heavy atom. The Kier molecular flexibility index (Phi) is 5.85. The number of rotatable bonds is 5. The van der Waals surface area contributed by atoms with Crippen molar-refractivity contribution in [3.63, 3.8) is 0 Å². The largest absolute Gasteiger partial charge is 0.491 e. The molecule has 0 radical (unpaired) electrons. The van der Waals surface area contributed by atoms with Crippen molar-refractivity contribution in [3.05, 3.63) is 28.8 Å². The summed E-state index contributed by atoms with van der Waals surface area (Å²) in [5.74, 6) is -0.484. The number of ether oxygens (including phenoxy) is 2. The summed E-state index contributed by atoms with van der Waals surface area (Å²) >= 11 is 6.02. The van der Waals surface area contributed by atoms with E-state index in [1.54, 1.807) is 6.07 Å². The third-order valence-corrected chi connectivity index (χ3v) is 3.68. The van der Waals surface area contributed by atoms with Crippen LogP contribution in [0.5, 0.6) is 5.75 Å². The zero-order valence-corrected chi connectivity index (χ0v) is 12.8. The van der Waals surface area contributed by atoms with Gasteiger partial charge in [0.1, 0.15) is 12.4 Å². The van der Waals surface area contributed by atoms with E-state index in [1.807, 2.05) is 0 Å². The highest BCUT2D eigenvalue weighted by atomic mass is 35.5. The fourth-order valence-corrected chi connectivity index (χ4v) is 2.55. The molecule has 1 aromatic carbocycles. The minimum atomic E-state index is -0.998. The average molecular weight is 314 g/mol. The van der Waals surface area contributed by atoms with E-state index < -0.39 is 5.97 Å². The second kappa shape index (κ2) is 7.64. The molecule has 5 nitrogen and oxygen atoms in total. The molecule has 0 saturated carbocycles. The summed E-state index contributed by atoms with van der Waals surface area (Å²) in [7, 11) is 0. The molecule has 2 rings (SSSR count). The molecule has 6 heteroatoms. The Labute approximate surface area is 129 Å². The molecule has 1 heterocycles. The number of carbonyl (C=O) groups is 1. The summed E-state index contributed by atoms with van der Waals surface area (Å²) in [6, 6.07) is 4.49. The number of hydrogen-bond acceptors (Lipinski definition) is 4. The van der Waals surface area contributed by atoms with Gasteiger partial charge < -0.3 is 14.6 Å². The highest BCUT2D eigenvalue weighted by Gasteiger charge is 2.15. The van der Waals surface area contributed by atoms with Gasteiger partial charge in [-0.15, -0.1) is 0 Å². The van der Waals surface area contributed by atoms with Crippen molar-refractivity contribution in [2.24, 2.45) is 0 Å². The minimum Gasteiger partial charge on any atom is -0.491 e. The first kappa shape index (κ1) is 16.1. The Morgan fingerprint density at radius 2 is 2.38 bits per heavy atom. The molecule has 1 unspecified atom stereocenters. The first-order valence-corrected chi connectivity index (χ1v) is 7.43. The van der Waals surface area contributed by atoms with Crippen molar-refractivity contribution in [2.45, 2.75) is 19.4 Å². The number of halogens is 1. The zero-order valence-electron chi connectivity index (χ0n) is 12.0. The van der Waals surface area contributed by atoms with Crippen LogP contribution in [-0.2, 0) is 4.74 Å². The van der Waals surface area contributed by atoms with Gasteiger partial charge in [-0.25, -0.2) is 4.79 Å². The van der Waals surface area contributed by atoms with E-state index in [4.69, 9.17) is 26.2 Å². The second-order valence-corrected chi connectivity index (χ2v) is 5.54. The summed E-state index contributed by atoms with van der Waals surface area (Å²) in [5.41, 5.74) is 0.158. The molecule has 1 aliphatic heterocycles. The molecule has 1 N–H and O–H groups in total. The van der Waals surface area contributed by atoms with Gasteiger partial charge in [0.05, 0.1) is 16.7 Å². The molecule has 1 aromatic rings. The molecule has 0 aromatic heterocycles. The van der Waals surface area contributed by atoms with Gasteiger partial charge in [-0.3, -0.25) is 4.90 Å². The van der Waals surface area contributed by atoms with Crippen molar-refractivity contribution in [2.75, 3.05) is 32.8 Å². The van der Waals surface area contributed by atoms with E-state index >= 15 is 0 Å². The lowest BCUT2D eigenvalue weighted by Crippen LogP contribution is -2.33. The van der Waals surface area contributed by atoms with Crippen LogP contribution in [0.3, 0.4) is 0 Å². The van der Waals surface area contributed by atoms with E-state index in [1.165, 1.54) is 12.1 Å². The number of carboxylic acids is 1. The minimum absolute atomic E-state index is 0.158. The normalized spacial score (nSPS) is 20.0. The standard InChI is InChI=1S/C15H20ClNO4/c1-11-10-17(5-2-7-20-11)6-8-21-14-4-3-12(15(18)19)9-13(14)16/h3-4,9,11H,2,5-8,10H2,1H3,(H,18,19). The van der Waals surface area contributed by atoms with Crippen LogP contribution in [0, 0.1) is 0 Å². The fourth-order valence-electron chi connectivity index (χ4n) is 2.32. The maximum Gasteiger partial charge on any atom is 0.335 e. The van der Waals surface area contributed by atoms with E-state index in [9.17, 15) is 4.79 Å². The van der Waals surface area contributed by atoms with Crippen LogP contribution >= 0.6 is 11.6 Å². The van der Waals surface area contributed by atoms with Gasteiger partial charge in [-0.2, -0.15) is 0 Å². The number of aromatic carboxylic acids is 1. The van der Waals surface area contributed by atoms with Gasteiger partial charge in [0.15, 0.2) is 0 Å². The monoisotopic (exact) mass is 313 g/mol. The maximum absolute atomic E-state index is 10.8. The Hall–Kier alpha value is -1.30. The number of carboxylic acid groups (broad SMARTS) is 1. The molecule has 1 fully saturated rings. The maximum atomic E-state index is 10.8. The van der Waals surface area contributed by atoms with Gasteiger partial charge in [0.2, 0.25) is 0 Å². The van der Waals surface area contributed by atoms with Crippen LogP contribution in [0.4, 0.5) is 0 Å². The van der Waals surface area contributed by atoms with Crippen LogP contribution in [-0.4, -0.2) is 54.9 Å². The van der Waals surface area contributed by atoms with Gasteiger partial charge in [-0.1, -0.05) is 11.6 Å². The first-order valence-electron chi connectivity index (χ1n) is 7.06. The zero-order chi connectivity index (χ0) is 15.2. The van der Waals surface area contributed by atoms with Crippen LogP contribution in [0.2, 0.25) is 5.02 Å². The lowest BCUT2D eigenvalue weighted by atomic mass is 10.2. The van der Waals surface area contributed by atoms with Gasteiger partial charge in [0, 0.05) is 26.2 Å². The summed E-state index contributed by atoms with van der Waals surface area (Å²) < 4.78 is 11.2. The van der Waals surface area contributed by atoms with Crippen LogP contribution < -0.4 is 4.74 Å². The summed E-state index contributed by atoms with van der Waals surface area (Å²) in [6.45, 7) is 6.08. The van der Waals surface area contributed by atoms with Crippen LogP contribution in [0.1, 0.15) is 23.7 Å². The number of nitrogens with zero attached hydrogens (tertiary/aromatic N) is 1. The predicted molar refractivity (Wildman–Crippen MR) is 80.4 cm³/mol. The lowest BCUT2D eigenvalue weighted by molar-refractivity contribution is 0.0658. The molecule has 0 bridgehead atoms. The molecule has 0 spiro atoms. The van der Waals surface area contributed by atoms with Crippen molar-refractivity contribution in [1.29, 1.82) is 0 Å². The molecule has 1 atom stereocenters. The average Bonchev–Trinajstić information content (AvgIpc) is 2.64. The third kappa shape index (κ3) is 4.88. The lowest BCUT2D eigenvalue weighted by Gasteiger charge is -2.21. The van der Waals surface area contributed by atoms with Crippen molar-refractivity contribution >= 4 is 17.6 Å². The van der Waals surface area contributed by atoms with Crippen molar-refractivity contribution in [1.82, 2.24) is 4.90 Å². The second-order valence-electron chi connectivity index (χ2n) is 5.13. The summed E-state index contributed by atoms with van der Waals surface area (Å²) in [4.78, 5) is 13.1. The molecular weight excluding hydrogens is 294 g/mol. The Bertz CT molecular complexity index is 495. The van der Waals surface area contributed by atoms with Crippen molar-refractivity contribution in [3.8, 4) is 5.75 Å². The van der Waals surface area contributed by atoms with E-state index in [0.29, 0.717) is 17.4 Å². The molecule has 0 amide bonds. The Balaban J connectivity index is 1.84. The molecule has 116 valence electrons. The quantitative estimate of drug-likeness (QED) is 0.905. The summed E-state index contributed by atoms with van der Waals surface area (Å²) in [5, 5.41) is 9.20. The van der Waals surface area contributed by atoms with Gasteiger partial charge in [-0.05, 0) is 31.5 Å². The van der Waals surface area contributed by atoms with Gasteiger partial charge >= 0.3 is 5.97 Å². The highest BCUT2D eigenvalue weighted by molar-refractivity contribution is 6.32. The van der Waals surface area contributed by atoms with E-state index in [0.717, 1.165) is 32.7 Å². The Morgan fingerprint density at radius 1 is 1.57 bits per heavy atom. The van der Waals surface area contributed by atoms with Crippen LogP contribution in [0.15, 0.2) is 18.2 Å². The topological polar surface area (TPSA) is 59.0 Å². The van der Waals surface area contributed by atoms with Crippen LogP contribution in [0.25, 0.3) is 0 Å². The molecule has 1 aliphatic rings. The van der Waals surface area contributed by atoms with E-state index in [2.05, 4.69) is 11.8 Å². The molecule has 1 saturated heterocycles. The van der Waals surface area contributed by atoms with Crippen molar-refractivity contribution < 1.29 is 19.4 Å². The molecular formula is C15H20ClNO4. The van der Waals surface area contributed by atoms with E-state index in [-0.39, 0.29) is 11.7 Å².